The van der Waals surface area contributed by atoms with Gasteiger partial charge in [-0.05, 0) is 66.5 Å². The van der Waals surface area contributed by atoms with Crippen LogP contribution >= 0.6 is 15.9 Å². The van der Waals surface area contributed by atoms with Gasteiger partial charge >= 0.3 is 0 Å². The third-order valence-corrected chi connectivity index (χ3v) is 4.14. The number of benzene rings is 1. The predicted molar refractivity (Wildman–Crippen MR) is 76.7 cm³/mol. The molecule has 3 nitrogen and oxygen atoms in total. The van der Waals surface area contributed by atoms with Crippen molar-refractivity contribution in [3.05, 3.63) is 34.1 Å². The highest BCUT2D eigenvalue weighted by Crippen LogP contribution is 2.18. The second kappa shape index (κ2) is 6.48. The average molecular weight is 329 g/mol. The Hall–Kier alpha value is -0.940. The molecule has 1 heterocycles. The van der Waals surface area contributed by atoms with Crippen molar-refractivity contribution in [1.82, 2.24) is 10.2 Å². The molecule has 1 aliphatic rings. The Kier molecular flexibility index (Phi) is 4.93. The lowest BCUT2D eigenvalue weighted by Gasteiger charge is -2.29. The van der Waals surface area contributed by atoms with E-state index in [9.17, 15) is 9.18 Å². The Bertz CT molecular complexity index is 467. The summed E-state index contributed by atoms with van der Waals surface area (Å²) < 4.78 is 13.8. The number of carbonyl (C=O) groups is 1. The molecule has 1 saturated heterocycles. The topological polar surface area (TPSA) is 32.3 Å². The summed E-state index contributed by atoms with van der Waals surface area (Å²) in [5, 5.41) is 2.90. The number of hydrogen-bond donors (Lipinski definition) is 1. The predicted octanol–water partition coefficient (Wildman–Crippen LogP) is 2.66. The van der Waals surface area contributed by atoms with Gasteiger partial charge in [-0.3, -0.25) is 4.79 Å². The largest absolute Gasteiger partial charge is 0.352 e. The molecule has 0 saturated carbocycles. The molecule has 1 amide bonds. The molecule has 0 spiro atoms. The Labute approximate surface area is 121 Å². The minimum Gasteiger partial charge on any atom is -0.352 e. The zero-order valence-corrected chi connectivity index (χ0v) is 12.5. The molecule has 104 valence electrons. The second-order valence-electron chi connectivity index (χ2n) is 5.10. The summed E-state index contributed by atoms with van der Waals surface area (Å²) in [7, 11) is 2.09. The van der Waals surface area contributed by atoms with Crippen LogP contribution in [0.1, 0.15) is 23.2 Å². The Balaban J connectivity index is 1.92. The Morgan fingerprint density at radius 3 is 3.11 bits per heavy atom. The zero-order valence-electron chi connectivity index (χ0n) is 11.0. The minimum absolute atomic E-state index is 0.223. The van der Waals surface area contributed by atoms with Crippen LogP contribution in [0.3, 0.4) is 0 Å². The normalized spacial score (nSPS) is 20.3. The maximum atomic E-state index is 13.1. The number of likely N-dealkylation sites (tertiary alicyclic amines) is 1. The lowest BCUT2D eigenvalue weighted by Crippen LogP contribution is -2.39. The number of carbonyl (C=O) groups excluding carboxylic acids is 1. The molecule has 0 radical (unpaired) electrons. The molecule has 1 fully saturated rings. The van der Waals surface area contributed by atoms with Gasteiger partial charge in [-0.25, -0.2) is 4.39 Å². The van der Waals surface area contributed by atoms with Crippen LogP contribution in [0, 0.1) is 11.7 Å². The summed E-state index contributed by atoms with van der Waals surface area (Å²) in [5.74, 6) is -0.139. The van der Waals surface area contributed by atoms with Gasteiger partial charge in [0.2, 0.25) is 0 Å². The summed E-state index contributed by atoms with van der Waals surface area (Å²) in [6.45, 7) is 2.77. The third-order valence-electron chi connectivity index (χ3n) is 3.45. The lowest BCUT2D eigenvalue weighted by atomic mass is 9.98. The minimum atomic E-state index is -0.397. The van der Waals surface area contributed by atoms with E-state index < -0.39 is 5.82 Å². The van der Waals surface area contributed by atoms with E-state index >= 15 is 0 Å². The first-order valence-corrected chi connectivity index (χ1v) is 7.27. The number of rotatable bonds is 3. The van der Waals surface area contributed by atoms with Gasteiger partial charge in [-0.15, -0.1) is 0 Å². The van der Waals surface area contributed by atoms with Gasteiger partial charge in [0.25, 0.3) is 5.91 Å². The lowest BCUT2D eigenvalue weighted by molar-refractivity contribution is 0.0935. The maximum absolute atomic E-state index is 13.1. The first-order valence-electron chi connectivity index (χ1n) is 6.48. The Morgan fingerprint density at radius 2 is 2.37 bits per heavy atom. The van der Waals surface area contributed by atoms with Crippen LogP contribution in [0.15, 0.2) is 22.7 Å². The molecule has 0 aliphatic carbocycles. The van der Waals surface area contributed by atoms with Crippen LogP contribution in [-0.4, -0.2) is 37.5 Å². The zero-order chi connectivity index (χ0) is 13.8. The monoisotopic (exact) mass is 328 g/mol. The van der Waals surface area contributed by atoms with Crippen molar-refractivity contribution in [3.63, 3.8) is 0 Å². The second-order valence-corrected chi connectivity index (χ2v) is 5.96. The number of hydrogen-bond acceptors (Lipinski definition) is 2. The van der Waals surface area contributed by atoms with E-state index in [1.165, 1.54) is 18.6 Å². The first-order chi connectivity index (χ1) is 9.06. The van der Waals surface area contributed by atoms with Crippen molar-refractivity contribution < 1.29 is 9.18 Å². The highest BCUT2D eigenvalue weighted by molar-refractivity contribution is 9.10. The van der Waals surface area contributed by atoms with E-state index in [2.05, 4.69) is 33.2 Å². The third kappa shape index (κ3) is 4.01. The van der Waals surface area contributed by atoms with Gasteiger partial charge in [0.05, 0.1) is 5.56 Å². The molecule has 1 aromatic rings. The van der Waals surface area contributed by atoms with Crippen LogP contribution in [0.25, 0.3) is 0 Å². The summed E-state index contributed by atoms with van der Waals surface area (Å²) >= 11 is 3.27. The number of halogens is 2. The van der Waals surface area contributed by atoms with Crippen molar-refractivity contribution >= 4 is 21.8 Å². The van der Waals surface area contributed by atoms with Crippen molar-refractivity contribution in [1.29, 1.82) is 0 Å². The van der Waals surface area contributed by atoms with Crippen molar-refractivity contribution in [2.45, 2.75) is 12.8 Å². The van der Waals surface area contributed by atoms with E-state index in [4.69, 9.17) is 0 Å². The van der Waals surface area contributed by atoms with Crippen molar-refractivity contribution in [2.24, 2.45) is 5.92 Å². The van der Waals surface area contributed by atoms with E-state index in [-0.39, 0.29) is 5.91 Å². The van der Waals surface area contributed by atoms with Crippen molar-refractivity contribution in [2.75, 3.05) is 26.7 Å². The standard InChI is InChI=1S/C14H18BrFN2O/c1-18-6-2-3-10(9-18)8-17-14(19)12-7-11(16)4-5-13(12)15/h4-5,7,10H,2-3,6,8-9H2,1H3,(H,17,19). The van der Waals surface area contributed by atoms with E-state index in [0.29, 0.717) is 22.5 Å². The quantitative estimate of drug-likeness (QED) is 0.925. The molecule has 0 aromatic heterocycles. The molecular weight excluding hydrogens is 311 g/mol. The highest BCUT2D eigenvalue weighted by Gasteiger charge is 2.18. The maximum Gasteiger partial charge on any atom is 0.252 e. The summed E-state index contributed by atoms with van der Waals surface area (Å²) in [4.78, 5) is 14.3. The average Bonchev–Trinajstić information content (AvgIpc) is 2.39. The molecule has 1 N–H and O–H groups in total. The number of nitrogens with one attached hydrogen (secondary N) is 1. The summed E-state index contributed by atoms with van der Waals surface area (Å²) in [6.07, 6.45) is 2.30. The van der Waals surface area contributed by atoms with Crippen LogP contribution in [0.5, 0.6) is 0 Å². The van der Waals surface area contributed by atoms with Crippen LogP contribution in [0.4, 0.5) is 4.39 Å². The van der Waals surface area contributed by atoms with Gasteiger partial charge in [-0.2, -0.15) is 0 Å². The molecule has 2 rings (SSSR count). The first kappa shape index (κ1) is 14.5. The summed E-state index contributed by atoms with van der Waals surface area (Å²) in [5.41, 5.74) is 0.351. The molecule has 1 aliphatic heterocycles. The van der Waals surface area contributed by atoms with Crippen LogP contribution in [-0.2, 0) is 0 Å². The Morgan fingerprint density at radius 1 is 1.58 bits per heavy atom. The highest BCUT2D eigenvalue weighted by atomic mass is 79.9. The molecule has 19 heavy (non-hydrogen) atoms. The SMILES string of the molecule is CN1CCCC(CNC(=O)c2cc(F)ccc2Br)C1. The van der Waals surface area contributed by atoms with E-state index in [1.54, 1.807) is 6.07 Å². The van der Waals surface area contributed by atoms with E-state index in [1.807, 2.05) is 0 Å². The number of nitrogens with zero attached hydrogens (tertiary/aromatic N) is 1. The number of piperidine rings is 1. The summed E-state index contributed by atoms with van der Waals surface area (Å²) in [6, 6.07) is 4.14. The fourth-order valence-electron chi connectivity index (χ4n) is 2.44. The molecule has 1 atom stereocenters. The smallest absolute Gasteiger partial charge is 0.252 e. The van der Waals surface area contributed by atoms with E-state index in [0.717, 1.165) is 19.5 Å². The molecule has 1 aromatic carbocycles. The van der Waals surface area contributed by atoms with Crippen molar-refractivity contribution in [3.8, 4) is 0 Å². The van der Waals surface area contributed by atoms with Gasteiger partial charge in [-0.1, -0.05) is 0 Å². The molecule has 0 bridgehead atoms. The van der Waals surface area contributed by atoms with Gasteiger partial charge in [0, 0.05) is 17.6 Å². The molecule has 5 heteroatoms. The van der Waals surface area contributed by atoms with Crippen LogP contribution < -0.4 is 5.32 Å². The van der Waals surface area contributed by atoms with Crippen LogP contribution in [0.2, 0.25) is 0 Å². The van der Waals surface area contributed by atoms with Gasteiger partial charge in [0.1, 0.15) is 5.82 Å². The fraction of sp³-hybridized carbons (Fsp3) is 0.500. The fourth-order valence-corrected chi connectivity index (χ4v) is 2.87. The molecular formula is C14H18BrFN2O. The molecule has 1 unspecified atom stereocenters. The number of amides is 1. The van der Waals surface area contributed by atoms with Gasteiger partial charge in [0.15, 0.2) is 0 Å². The van der Waals surface area contributed by atoms with Gasteiger partial charge < -0.3 is 10.2 Å².